The number of nitrogens with zero attached hydrogens (tertiary/aromatic N) is 1. The van der Waals surface area contributed by atoms with Crippen molar-refractivity contribution in [3.8, 4) is 11.5 Å². The highest BCUT2D eigenvalue weighted by Crippen LogP contribution is 2.30. The molecule has 118 valence electrons. The van der Waals surface area contributed by atoms with E-state index in [9.17, 15) is 9.18 Å². The molecule has 0 aliphatic rings. The molecule has 6 nitrogen and oxygen atoms in total. The summed E-state index contributed by atoms with van der Waals surface area (Å²) in [5.41, 5.74) is 1.04. The quantitative estimate of drug-likeness (QED) is 0.776. The van der Waals surface area contributed by atoms with Crippen molar-refractivity contribution in [1.29, 1.82) is 0 Å². The van der Waals surface area contributed by atoms with Crippen LogP contribution < -0.4 is 14.8 Å². The van der Waals surface area contributed by atoms with E-state index in [0.717, 1.165) is 11.5 Å². The normalized spacial score (nSPS) is 10.6. The smallest absolute Gasteiger partial charge is 0.258 e. The summed E-state index contributed by atoms with van der Waals surface area (Å²) in [4.78, 5) is 12.4. The fourth-order valence-corrected chi connectivity index (χ4v) is 2.29. The molecule has 0 bridgehead atoms. The van der Waals surface area contributed by atoms with Gasteiger partial charge in [-0.2, -0.15) is 5.10 Å². The Bertz CT molecular complexity index is 876. The molecule has 0 saturated carbocycles. The van der Waals surface area contributed by atoms with E-state index in [2.05, 4.69) is 15.5 Å². The zero-order valence-electron chi connectivity index (χ0n) is 12.5. The predicted octanol–water partition coefficient (Wildman–Crippen LogP) is 2.97. The van der Waals surface area contributed by atoms with Crippen molar-refractivity contribution in [2.75, 3.05) is 19.5 Å². The lowest BCUT2D eigenvalue weighted by Gasteiger charge is -2.11. The number of rotatable bonds is 4. The summed E-state index contributed by atoms with van der Waals surface area (Å²) in [7, 11) is 2.82. The number of methoxy groups -OCH3 is 2. The molecule has 0 unspecified atom stereocenters. The molecular weight excluding hydrogens is 301 g/mol. The standard InChI is InChI=1S/C16H14FN3O3/c1-22-13-6-10(11(17)7-14(13)23-2)16(21)19-12-5-3-4-9-8-18-20-15(9)12/h3-8H,1-2H3,(H,18,20)(H,19,21). The van der Waals surface area contributed by atoms with Gasteiger partial charge in [-0.1, -0.05) is 12.1 Å². The SMILES string of the molecule is COc1cc(F)c(C(=O)Nc2cccc3cn[nH]c23)cc1OC. The number of halogens is 1. The molecule has 0 spiro atoms. The number of anilines is 1. The molecule has 1 heterocycles. The van der Waals surface area contributed by atoms with Gasteiger partial charge in [-0.15, -0.1) is 0 Å². The van der Waals surface area contributed by atoms with Crippen molar-refractivity contribution in [3.63, 3.8) is 0 Å². The second-order valence-electron chi connectivity index (χ2n) is 4.78. The molecule has 0 saturated heterocycles. The van der Waals surface area contributed by atoms with Crippen LogP contribution in [0.3, 0.4) is 0 Å². The minimum atomic E-state index is -0.697. The number of para-hydroxylation sites is 1. The highest BCUT2D eigenvalue weighted by molar-refractivity contribution is 6.08. The van der Waals surface area contributed by atoms with Crippen molar-refractivity contribution in [1.82, 2.24) is 10.2 Å². The molecule has 7 heteroatoms. The van der Waals surface area contributed by atoms with Gasteiger partial charge in [0.25, 0.3) is 5.91 Å². The molecule has 0 atom stereocenters. The summed E-state index contributed by atoms with van der Waals surface area (Å²) in [6.07, 6.45) is 1.64. The Morgan fingerprint density at radius 2 is 1.96 bits per heavy atom. The van der Waals surface area contributed by atoms with Gasteiger partial charge >= 0.3 is 0 Å². The number of ether oxygens (including phenoxy) is 2. The highest BCUT2D eigenvalue weighted by Gasteiger charge is 2.18. The number of amides is 1. The van der Waals surface area contributed by atoms with Crippen LogP contribution in [0.4, 0.5) is 10.1 Å². The van der Waals surface area contributed by atoms with Crippen LogP contribution in [0.1, 0.15) is 10.4 Å². The van der Waals surface area contributed by atoms with Crippen LogP contribution >= 0.6 is 0 Å². The Hall–Kier alpha value is -3.09. The number of carbonyl (C=O) groups excluding carboxylic acids is 1. The Morgan fingerprint density at radius 3 is 2.70 bits per heavy atom. The second kappa shape index (κ2) is 5.96. The van der Waals surface area contributed by atoms with Crippen LogP contribution in [0, 0.1) is 5.82 Å². The summed E-state index contributed by atoms with van der Waals surface area (Å²) in [6.45, 7) is 0. The van der Waals surface area contributed by atoms with Crippen molar-refractivity contribution in [2.45, 2.75) is 0 Å². The van der Waals surface area contributed by atoms with Crippen LogP contribution in [0.15, 0.2) is 36.5 Å². The number of hydrogen-bond donors (Lipinski definition) is 2. The van der Waals surface area contributed by atoms with Crippen molar-refractivity contribution in [3.05, 3.63) is 47.9 Å². The largest absolute Gasteiger partial charge is 0.493 e. The summed E-state index contributed by atoms with van der Waals surface area (Å²) in [6, 6.07) is 7.75. The fraction of sp³-hybridized carbons (Fsp3) is 0.125. The van der Waals surface area contributed by atoms with E-state index in [-0.39, 0.29) is 17.1 Å². The van der Waals surface area contributed by atoms with E-state index in [1.165, 1.54) is 20.3 Å². The summed E-state index contributed by atoms with van der Waals surface area (Å²) in [5.74, 6) is -0.793. The van der Waals surface area contributed by atoms with Gasteiger partial charge in [-0.25, -0.2) is 4.39 Å². The van der Waals surface area contributed by atoms with Crippen LogP contribution in [0.2, 0.25) is 0 Å². The predicted molar refractivity (Wildman–Crippen MR) is 83.6 cm³/mol. The average molecular weight is 315 g/mol. The second-order valence-corrected chi connectivity index (χ2v) is 4.78. The molecule has 23 heavy (non-hydrogen) atoms. The zero-order chi connectivity index (χ0) is 16.4. The monoisotopic (exact) mass is 315 g/mol. The van der Waals surface area contributed by atoms with E-state index in [0.29, 0.717) is 11.2 Å². The topological polar surface area (TPSA) is 76.2 Å². The molecule has 3 aromatic rings. The van der Waals surface area contributed by atoms with E-state index >= 15 is 0 Å². The van der Waals surface area contributed by atoms with Gasteiger partial charge in [0.15, 0.2) is 11.5 Å². The van der Waals surface area contributed by atoms with Crippen LogP contribution in [-0.4, -0.2) is 30.3 Å². The molecule has 3 rings (SSSR count). The van der Waals surface area contributed by atoms with E-state index in [1.807, 2.05) is 6.07 Å². The molecule has 1 aromatic heterocycles. The van der Waals surface area contributed by atoms with Gasteiger partial charge in [0, 0.05) is 11.5 Å². The van der Waals surface area contributed by atoms with E-state index in [1.54, 1.807) is 18.3 Å². The van der Waals surface area contributed by atoms with Crippen molar-refractivity contribution < 1.29 is 18.7 Å². The Balaban J connectivity index is 1.96. The first kappa shape index (κ1) is 14.8. The van der Waals surface area contributed by atoms with Crippen molar-refractivity contribution in [2.24, 2.45) is 0 Å². The number of aromatic amines is 1. The maximum atomic E-state index is 14.1. The lowest BCUT2D eigenvalue weighted by atomic mass is 10.1. The molecule has 2 aromatic carbocycles. The number of carbonyl (C=O) groups is 1. The first-order valence-electron chi connectivity index (χ1n) is 6.79. The highest BCUT2D eigenvalue weighted by atomic mass is 19.1. The Kier molecular flexibility index (Phi) is 3.84. The molecule has 0 aliphatic heterocycles. The van der Waals surface area contributed by atoms with Gasteiger partial charge in [-0.3, -0.25) is 9.89 Å². The van der Waals surface area contributed by atoms with E-state index < -0.39 is 11.7 Å². The number of aromatic nitrogens is 2. The molecule has 0 aliphatic carbocycles. The van der Waals surface area contributed by atoms with Gasteiger partial charge in [0.1, 0.15) is 5.82 Å². The number of benzene rings is 2. The molecular formula is C16H14FN3O3. The first-order chi connectivity index (χ1) is 11.1. The van der Waals surface area contributed by atoms with Gasteiger partial charge < -0.3 is 14.8 Å². The third-order valence-corrected chi connectivity index (χ3v) is 3.44. The minimum absolute atomic E-state index is 0.140. The number of hydrogen-bond acceptors (Lipinski definition) is 4. The molecule has 1 amide bonds. The number of nitrogens with one attached hydrogen (secondary N) is 2. The number of fused-ring (bicyclic) bond motifs is 1. The zero-order valence-corrected chi connectivity index (χ0v) is 12.5. The maximum Gasteiger partial charge on any atom is 0.258 e. The first-order valence-corrected chi connectivity index (χ1v) is 6.79. The lowest BCUT2D eigenvalue weighted by molar-refractivity contribution is 0.102. The maximum absolute atomic E-state index is 14.1. The minimum Gasteiger partial charge on any atom is -0.493 e. The number of H-pyrrole nitrogens is 1. The van der Waals surface area contributed by atoms with E-state index in [4.69, 9.17) is 9.47 Å². The van der Waals surface area contributed by atoms with Crippen LogP contribution in [-0.2, 0) is 0 Å². The van der Waals surface area contributed by atoms with Gasteiger partial charge in [-0.05, 0) is 12.1 Å². The average Bonchev–Trinajstić information content (AvgIpc) is 3.04. The Labute approximate surface area is 131 Å². The third-order valence-electron chi connectivity index (χ3n) is 3.44. The Morgan fingerprint density at radius 1 is 1.22 bits per heavy atom. The van der Waals surface area contributed by atoms with Crippen LogP contribution in [0.5, 0.6) is 11.5 Å². The molecule has 0 radical (unpaired) electrons. The van der Waals surface area contributed by atoms with Gasteiger partial charge in [0.05, 0.1) is 37.2 Å². The summed E-state index contributed by atoms with van der Waals surface area (Å²) in [5, 5.41) is 10.2. The third kappa shape index (κ3) is 2.68. The summed E-state index contributed by atoms with van der Waals surface area (Å²) < 4.78 is 24.3. The van der Waals surface area contributed by atoms with Gasteiger partial charge in [0.2, 0.25) is 0 Å². The van der Waals surface area contributed by atoms with Crippen LogP contribution in [0.25, 0.3) is 10.9 Å². The van der Waals surface area contributed by atoms with Crippen molar-refractivity contribution >= 4 is 22.5 Å². The fourth-order valence-electron chi connectivity index (χ4n) is 2.29. The molecule has 2 N–H and O–H groups in total. The lowest BCUT2D eigenvalue weighted by Crippen LogP contribution is -2.14. The summed E-state index contributed by atoms with van der Waals surface area (Å²) >= 11 is 0. The molecule has 0 fully saturated rings.